The maximum atomic E-state index is 11.1. The second-order valence-electron chi connectivity index (χ2n) is 4.88. The molecule has 5 nitrogen and oxygen atoms in total. The van der Waals surface area contributed by atoms with E-state index in [4.69, 9.17) is 22.4 Å². The lowest BCUT2D eigenvalue weighted by Gasteiger charge is -2.26. The predicted octanol–water partition coefficient (Wildman–Crippen LogP) is 2.12. The molecule has 0 atom stereocenters. The zero-order valence-corrected chi connectivity index (χ0v) is 12.4. The minimum Gasteiger partial charge on any atom is -0.481 e. The smallest absolute Gasteiger partial charge is 0.304 e. The van der Waals surface area contributed by atoms with Gasteiger partial charge < -0.3 is 10.8 Å². The third-order valence-electron chi connectivity index (χ3n) is 3.05. The highest BCUT2D eigenvalue weighted by Gasteiger charge is 2.14. The summed E-state index contributed by atoms with van der Waals surface area (Å²) < 4.78 is 0. The van der Waals surface area contributed by atoms with Crippen molar-refractivity contribution >= 4 is 23.5 Å². The summed E-state index contributed by atoms with van der Waals surface area (Å²) in [5, 5.41) is 9.22. The first-order chi connectivity index (χ1) is 9.31. The van der Waals surface area contributed by atoms with Gasteiger partial charge in [-0.3, -0.25) is 14.5 Å². The van der Waals surface area contributed by atoms with Gasteiger partial charge >= 0.3 is 5.97 Å². The number of carbonyl (C=O) groups is 2. The van der Waals surface area contributed by atoms with Crippen LogP contribution < -0.4 is 5.73 Å². The number of amides is 1. The number of nitrogens with zero attached hydrogens (tertiary/aromatic N) is 1. The Labute approximate surface area is 123 Å². The molecule has 110 valence electrons. The van der Waals surface area contributed by atoms with E-state index in [0.29, 0.717) is 23.7 Å². The third-order valence-corrected chi connectivity index (χ3v) is 3.41. The quantitative estimate of drug-likeness (QED) is 0.807. The summed E-state index contributed by atoms with van der Waals surface area (Å²) >= 11 is 6.13. The van der Waals surface area contributed by atoms with E-state index in [1.54, 1.807) is 12.1 Å². The van der Waals surface area contributed by atoms with Crippen molar-refractivity contribution in [2.75, 3.05) is 6.54 Å². The lowest BCUT2D eigenvalue weighted by atomic mass is 10.1. The Kier molecular flexibility index (Phi) is 5.98. The van der Waals surface area contributed by atoms with Crippen molar-refractivity contribution in [2.45, 2.75) is 32.9 Å². The molecule has 1 aromatic rings. The molecule has 0 saturated heterocycles. The lowest BCUT2D eigenvalue weighted by Crippen LogP contribution is -2.32. The molecule has 0 aromatic heterocycles. The summed E-state index contributed by atoms with van der Waals surface area (Å²) in [5.41, 5.74) is 6.39. The molecular weight excluding hydrogens is 280 g/mol. The number of primary amides is 1. The van der Waals surface area contributed by atoms with Gasteiger partial charge in [0.05, 0.1) is 6.42 Å². The molecule has 0 heterocycles. The molecule has 20 heavy (non-hydrogen) atoms. The maximum absolute atomic E-state index is 11.1. The standard InChI is InChI=1S/C14H19ClN2O3/c1-9(2)17(6-5-13(18)19)8-11-4-3-10(14(16)20)7-12(11)15/h3-4,7,9H,5-6,8H2,1-2H3,(H2,16,20)(H,18,19). The van der Waals surface area contributed by atoms with Crippen LogP contribution in [0.3, 0.4) is 0 Å². The summed E-state index contributed by atoms with van der Waals surface area (Å²) in [6.07, 6.45) is 0.0785. The Morgan fingerprint density at radius 2 is 2.05 bits per heavy atom. The summed E-state index contributed by atoms with van der Waals surface area (Å²) in [7, 11) is 0. The van der Waals surface area contributed by atoms with Crippen molar-refractivity contribution in [2.24, 2.45) is 5.73 Å². The Bertz CT molecular complexity index is 503. The summed E-state index contributed by atoms with van der Waals surface area (Å²) in [4.78, 5) is 23.7. The monoisotopic (exact) mass is 298 g/mol. The highest BCUT2D eigenvalue weighted by Crippen LogP contribution is 2.20. The van der Waals surface area contributed by atoms with E-state index in [2.05, 4.69) is 0 Å². The number of benzene rings is 1. The lowest BCUT2D eigenvalue weighted by molar-refractivity contribution is -0.137. The highest BCUT2D eigenvalue weighted by atomic mass is 35.5. The minimum atomic E-state index is -0.828. The second-order valence-corrected chi connectivity index (χ2v) is 5.29. The predicted molar refractivity (Wildman–Crippen MR) is 77.8 cm³/mol. The van der Waals surface area contributed by atoms with Crippen LogP contribution in [0.25, 0.3) is 0 Å². The topological polar surface area (TPSA) is 83.6 Å². The molecule has 0 aliphatic rings. The van der Waals surface area contributed by atoms with E-state index in [1.165, 1.54) is 6.07 Å². The Morgan fingerprint density at radius 1 is 1.40 bits per heavy atom. The summed E-state index contributed by atoms with van der Waals surface area (Å²) in [5.74, 6) is -1.35. The van der Waals surface area contributed by atoms with Gasteiger partial charge in [0.25, 0.3) is 0 Å². The number of nitrogens with two attached hydrogens (primary N) is 1. The molecule has 0 saturated carbocycles. The number of carboxylic acids is 1. The number of carboxylic acid groups (broad SMARTS) is 1. The van der Waals surface area contributed by atoms with Crippen LogP contribution in [-0.4, -0.2) is 34.5 Å². The molecule has 3 N–H and O–H groups in total. The van der Waals surface area contributed by atoms with Gasteiger partial charge in [0.2, 0.25) is 5.91 Å². The van der Waals surface area contributed by atoms with Crippen molar-refractivity contribution in [1.82, 2.24) is 4.90 Å². The zero-order chi connectivity index (χ0) is 15.3. The van der Waals surface area contributed by atoms with E-state index >= 15 is 0 Å². The van der Waals surface area contributed by atoms with Crippen LogP contribution in [0, 0.1) is 0 Å². The van der Waals surface area contributed by atoms with E-state index in [0.717, 1.165) is 5.56 Å². The average molecular weight is 299 g/mol. The Morgan fingerprint density at radius 3 is 2.50 bits per heavy atom. The molecule has 1 rings (SSSR count). The number of halogens is 1. The van der Waals surface area contributed by atoms with Crippen molar-refractivity contribution in [1.29, 1.82) is 0 Å². The van der Waals surface area contributed by atoms with Crippen molar-refractivity contribution in [3.05, 3.63) is 34.3 Å². The Hall–Kier alpha value is -1.59. The summed E-state index contributed by atoms with van der Waals surface area (Å²) in [6.45, 7) is 4.96. The van der Waals surface area contributed by atoms with Gasteiger partial charge in [-0.25, -0.2) is 0 Å². The van der Waals surface area contributed by atoms with Crippen LogP contribution in [0.1, 0.15) is 36.2 Å². The van der Waals surface area contributed by atoms with Crippen molar-refractivity contribution in [3.8, 4) is 0 Å². The van der Waals surface area contributed by atoms with E-state index < -0.39 is 11.9 Å². The molecule has 1 amide bonds. The molecule has 0 aliphatic carbocycles. The van der Waals surface area contributed by atoms with Gasteiger partial charge in [-0.05, 0) is 31.5 Å². The first kappa shape index (κ1) is 16.5. The van der Waals surface area contributed by atoms with Crippen LogP contribution in [0.4, 0.5) is 0 Å². The van der Waals surface area contributed by atoms with Gasteiger partial charge in [-0.15, -0.1) is 0 Å². The number of hydrogen-bond acceptors (Lipinski definition) is 3. The fourth-order valence-electron chi connectivity index (χ4n) is 1.81. The van der Waals surface area contributed by atoms with Gasteiger partial charge in [0.1, 0.15) is 0 Å². The molecule has 0 radical (unpaired) electrons. The molecule has 0 spiro atoms. The van der Waals surface area contributed by atoms with E-state index in [9.17, 15) is 9.59 Å². The van der Waals surface area contributed by atoms with Crippen molar-refractivity contribution in [3.63, 3.8) is 0 Å². The van der Waals surface area contributed by atoms with Crippen LogP contribution in [0.15, 0.2) is 18.2 Å². The first-order valence-electron chi connectivity index (χ1n) is 6.35. The second kappa shape index (κ2) is 7.26. The number of rotatable bonds is 7. The van der Waals surface area contributed by atoms with Gasteiger partial charge in [0, 0.05) is 29.7 Å². The van der Waals surface area contributed by atoms with E-state index in [-0.39, 0.29) is 12.5 Å². The molecule has 0 unspecified atom stereocenters. The first-order valence-corrected chi connectivity index (χ1v) is 6.73. The zero-order valence-electron chi connectivity index (χ0n) is 11.6. The van der Waals surface area contributed by atoms with Crippen LogP contribution in [0.5, 0.6) is 0 Å². The fourth-order valence-corrected chi connectivity index (χ4v) is 2.05. The van der Waals surface area contributed by atoms with Crippen LogP contribution in [-0.2, 0) is 11.3 Å². The SMILES string of the molecule is CC(C)N(CCC(=O)O)Cc1ccc(C(N)=O)cc1Cl. The normalized spacial score (nSPS) is 11.1. The minimum absolute atomic E-state index is 0.0785. The number of carbonyl (C=O) groups excluding carboxylic acids is 1. The molecule has 1 aromatic carbocycles. The largest absolute Gasteiger partial charge is 0.481 e. The molecule has 0 aliphatic heterocycles. The molecule has 6 heteroatoms. The third kappa shape index (κ3) is 4.83. The number of hydrogen-bond donors (Lipinski definition) is 2. The fraction of sp³-hybridized carbons (Fsp3) is 0.429. The molecule has 0 fully saturated rings. The van der Waals surface area contributed by atoms with Crippen molar-refractivity contribution < 1.29 is 14.7 Å². The van der Waals surface area contributed by atoms with Gasteiger partial charge in [-0.1, -0.05) is 17.7 Å². The van der Waals surface area contributed by atoms with Crippen LogP contribution in [0.2, 0.25) is 5.02 Å². The average Bonchev–Trinajstić information content (AvgIpc) is 2.35. The van der Waals surface area contributed by atoms with E-state index in [1.807, 2.05) is 18.7 Å². The Balaban J connectivity index is 2.83. The van der Waals surface area contributed by atoms with Gasteiger partial charge in [-0.2, -0.15) is 0 Å². The highest BCUT2D eigenvalue weighted by molar-refractivity contribution is 6.31. The number of aliphatic carboxylic acids is 1. The maximum Gasteiger partial charge on any atom is 0.304 e. The molecular formula is C14H19ClN2O3. The summed E-state index contributed by atoms with van der Waals surface area (Å²) in [6, 6.07) is 5.11. The van der Waals surface area contributed by atoms with Gasteiger partial charge in [0.15, 0.2) is 0 Å². The van der Waals surface area contributed by atoms with Crippen LogP contribution >= 0.6 is 11.6 Å². The molecule has 0 bridgehead atoms.